The van der Waals surface area contributed by atoms with Crippen molar-refractivity contribution in [3.8, 4) is 22.3 Å². The molecule has 4 aromatic rings. The van der Waals surface area contributed by atoms with Crippen LogP contribution in [0.25, 0.3) is 22.3 Å². The molecule has 0 bridgehead atoms. The fourth-order valence-corrected chi connectivity index (χ4v) is 12.5. The molecule has 0 saturated carbocycles. The Hall–Kier alpha value is -1.67. The second kappa shape index (κ2) is 8.60. The SMILES string of the molecule is [Cl][Hf]([Cl])[CH](CCc1cccc2c1Cc1ccccc1-2)c1cccc2c1Cc1ccccc1-2. The Balaban J connectivity index is 1.31. The zero-order valence-electron chi connectivity index (χ0n) is 17.7. The Kier molecular flexibility index (Phi) is 5.62. The summed E-state index contributed by atoms with van der Waals surface area (Å²) < 4.78 is 0.326. The molecule has 3 heteroatoms. The average Bonchev–Trinajstić information content (AvgIpc) is 3.38. The van der Waals surface area contributed by atoms with Gasteiger partial charge in [0.25, 0.3) is 0 Å². The topological polar surface area (TPSA) is 0 Å². The van der Waals surface area contributed by atoms with E-state index in [1.165, 1.54) is 55.6 Å². The van der Waals surface area contributed by atoms with Crippen molar-refractivity contribution in [3.05, 3.63) is 118 Å². The van der Waals surface area contributed by atoms with Gasteiger partial charge in [-0.2, -0.15) is 0 Å². The molecule has 0 spiro atoms. The molecule has 2 aliphatic carbocycles. The third-order valence-corrected chi connectivity index (χ3v) is 15.5. The summed E-state index contributed by atoms with van der Waals surface area (Å²) in [5, 5.41) is 0. The van der Waals surface area contributed by atoms with Crippen LogP contribution in [-0.4, -0.2) is 0 Å². The van der Waals surface area contributed by atoms with E-state index < -0.39 is 19.1 Å². The van der Waals surface area contributed by atoms with Crippen LogP contribution in [0.3, 0.4) is 0 Å². The number of fused-ring (bicyclic) bond motifs is 6. The molecule has 2 aliphatic rings. The van der Waals surface area contributed by atoms with Crippen molar-refractivity contribution >= 4 is 17.2 Å². The molecule has 0 N–H and O–H groups in total. The molecule has 0 fully saturated rings. The number of rotatable bonds is 5. The third-order valence-electron chi connectivity index (χ3n) is 7.18. The Morgan fingerprint density at radius 2 is 1.19 bits per heavy atom. The average molecular weight is 621 g/mol. The van der Waals surface area contributed by atoms with Crippen molar-refractivity contribution in [2.75, 3.05) is 0 Å². The summed E-state index contributed by atoms with van der Waals surface area (Å²) in [5.74, 6) is 0. The van der Waals surface area contributed by atoms with Crippen molar-refractivity contribution in [2.24, 2.45) is 0 Å². The Labute approximate surface area is 204 Å². The van der Waals surface area contributed by atoms with Gasteiger partial charge in [0, 0.05) is 0 Å². The first kappa shape index (κ1) is 20.9. The van der Waals surface area contributed by atoms with E-state index in [0.29, 0.717) is 3.67 Å². The minimum atomic E-state index is -2.72. The van der Waals surface area contributed by atoms with Gasteiger partial charge in [0.05, 0.1) is 0 Å². The van der Waals surface area contributed by atoms with Crippen LogP contribution in [0.4, 0.5) is 0 Å². The van der Waals surface area contributed by atoms with Crippen LogP contribution in [0.2, 0.25) is 0 Å². The maximum atomic E-state index is 6.83. The van der Waals surface area contributed by atoms with Gasteiger partial charge in [-0.1, -0.05) is 0 Å². The van der Waals surface area contributed by atoms with Crippen molar-refractivity contribution in [3.63, 3.8) is 0 Å². The molecule has 0 amide bonds. The number of aryl methyl sites for hydroxylation is 1. The van der Waals surface area contributed by atoms with Gasteiger partial charge < -0.3 is 0 Å². The zero-order chi connectivity index (χ0) is 21.7. The fraction of sp³-hybridized carbons (Fsp3) is 0.172. The van der Waals surface area contributed by atoms with Gasteiger partial charge in [0.2, 0.25) is 0 Å². The van der Waals surface area contributed by atoms with Crippen molar-refractivity contribution < 1.29 is 19.1 Å². The minimum absolute atomic E-state index is 0.326. The van der Waals surface area contributed by atoms with Crippen molar-refractivity contribution in [1.82, 2.24) is 0 Å². The third kappa shape index (κ3) is 3.54. The molecule has 0 aliphatic heterocycles. The van der Waals surface area contributed by atoms with Crippen LogP contribution in [0.1, 0.15) is 43.5 Å². The number of hydrogen-bond acceptors (Lipinski definition) is 0. The summed E-state index contributed by atoms with van der Waals surface area (Å²) in [6.07, 6.45) is 4.11. The Morgan fingerprint density at radius 1 is 0.625 bits per heavy atom. The van der Waals surface area contributed by atoms with Crippen LogP contribution >= 0.6 is 17.2 Å². The van der Waals surface area contributed by atoms with E-state index in [-0.39, 0.29) is 0 Å². The molecule has 4 aromatic carbocycles. The van der Waals surface area contributed by atoms with E-state index in [1.54, 1.807) is 0 Å². The summed E-state index contributed by atoms with van der Waals surface area (Å²) in [7, 11) is 13.7. The zero-order valence-corrected chi connectivity index (χ0v) is 22.8. The van der Waals surface area contributed by atoms with Gasteiger partial charge >= 0.3 is 206 Å². The van der Waals surface area contributed by atoms with E-state index in [0.717, 1.165) is 25.7 Å². The normalized spacial score (nSPS) is 13.8. The van der Waals surface area contributed by atoms with Gasteiger partial charge in [-0.15, -0.1) is 0 Å². The van der Waals surface area contributed by atoms with Gasteiger partial charge in [-0.25, -0.2) is 0 Å². The molecule has 157 valence electrons. The van der Waals surface area contributed by atoms with E-state index in [4.69, 9.17) is 17.2 Å². The quantitative estimate of drug-likeness (QED) is 0.170. The molecule has 0 saturated heterocycles. The molecule has 1 atom stereocenters. The molecular formula is C29H23Cl2Hf. The van der Waals surface area contributed by atoms with Crippen molar-refractivity contribution in [2.45, 2.75) is 29.4 Å². The predicted octanol–water partition coefficient (Wildman–Crippen LogP) is 8.43. The van der Waals surface area contributed by atoms with Gasteiger partial charge in [-0.05, 0) is 0 Å². The first-order valence-electron chi connectivity index (χ1n) is 11.3. The molecule has 0 aromatic heterocycles. The Bertz CT molecular complexity index is 1320. The molecule has 0 radical (unpaired) electrons. The molecule has 0 nitrogen and oxygen atoms in total. The van der Waals surface area contributed by atoms with Gasteiger partial charge in [0.1, 0.15) is 0 Å². The molecule has 6 rings (SSSR count). The summed E-state index contributed by atoms with van der Waals surface area (Å²) in [4.78, 5) is 0. The van der Waals surface area contributed by atoms with Crippen molar-refractivity contribution in [1.29, 1.82) is 0 Å². The number of benzene rings is 4. The first-order chi connectivity index (χ1) is 15.7. The second-order valence-electron chi connectivity index (χ2n) is 8.87. The van der Waals surface area contributed by atoms with Crippen LogP contribution in [0.5, 0.6) is 0 Å². The second-order valence-corrected chi connectivity index (χ2v) is 21.7. The van der Waals surface area contributed by atoms with E-state index in [1.807, 2.05) is 0 Å². The monoisotopic (exact) mass is 621 g/mol. The van der Waals surface area contributed by atoms with E-state index in [2.05, 4.69) is 84.9 Å². The van der Waals surface area contributed by atoms with Gasteiger partial charge in [-0.3, -0.25) is 0 Å². The summed E-state index contributed by atoms with van der Waals surface area (Å²) in [6.45, 7) is 0. The molecule has 0 heterocycles. The molecule has 1 unspecified atom stereocenters. The van der Waals surface area contributed by atoms with Crippen LogP contribution in [0, 0.1) is 0 Å². The maximum absolute atomic E-state index is 6.83. The fourth-order valence-electron chi connectivity index (χ4n) is 5.65. The van der Waals surface area contributed by atoms with E-state index in [9.17, 15) is 0 Å². The summed E-state index contributed by atoms with van der Waals surface area (Å²) >= 11 is -2.72. The van der Waals surface area contributed by atoms with Crippen LogP contribution < -0.4 is 0 Å². The van der Waals surface area contributed by atoms with Crippen LogP contribution in [0.15, 0.2) is 84.9 Å². The Morgan fingerprint density at radius 3 is 1.88 bits per heavy atom. The number of halogens is 2. The van der Waals surface area contributed by atoms with Gasteiger partial charge in [0.15, 0.2) is 0 Å². The summed E-state index contributed by atoms with van der Waals surface area (Å²) in [5.41, 5.74) is 14.2. The summed E-state index contributed by atoms with van der Waals surface area (Å²) in [6, 6.07) is 31.1. The number of hydrogen-bond donors (Lipinski definition) is 0. The predicted molar refractivity (Wildman–Crippen MR) is 132 cm³/mol. The van der Waals surface area contributed by atoms with Crippen LogP contribution in [-0.2, 0) is 38.3 Å². The standard InChI is InChI=1S/C29H23.2ClH.Hf/c1-3-14-24-22(8-1)18-28-20(12-6-16-26(24)28)10-5-11-21-13-7-17-27-25-15-4-2-9-23(25)19-29(21)27;;;/h1-4,6-10,12-17H,5,11,18-19H2;2*1H;/q;;;+2/p-2. The molecule has 32 heavy (non-hydrogen) atoms. The molecular weight excluding hydrogens is 598 g/mol. The van der Waals surface area contributed by atoms with E-state index >= 15 is 0 Å². The first-order valence-corrected chi connectivity index (χ1v) is 22.3.